The van der Waals surface area contributed by atoms with E-state index in [9.17, 15) is 0 Å². The molecule has 6 heteroatoms. The van der Waals surface area contributed by atoms with Crippen molar-refractivity contribution in [2.45, 2.75) is 103 Å². The Labute approximate surface area is 367 Å². The number of halogens is 2. The molecule has 6 aromatic rings. The minimum Gasteiger partial charge on any atom is -0.147 e. The van der Waals surface area contributed by atoms with Crippen molar-refractivity contribution >= 4 is 53.5 Å². The molecule has 2 aliphatic rings. The van der Waals surface area contributed by atoms with Crippen molar-refractivity contribution in [3.05, 3.63) is 162 Å². The Morgan fingerprint density at radius 1 is 0.448 bits per heavy atom. The predicted octanol–water partition coefficient (Wildman–Crippen LogP) is 15.5. The molecule has 0 aliphatic heterocycles. The van der Waals surface area contributed by atoms with Gasteiger partial charge in [0.15, 0.2) is 0 Å². The van der Waals surface area contributed by atoms with Gasteiger partial charge in [0, 0.05) is 0 Å². The van der Waals surface area contributed by atoms with Crippen molar-refractivity contribution in [1.82, 2.24) is 0 Å². The van der Waals surface area contributed by atoms with E-state index in [1.165, 1.54) is 111 Å². The fourth-order valence-corrected chi connectivity index (χ4v) is 29.4. The predicted molar refractivity (Wildman–Crippen MR) is 251 cm³/mol. The molecule has 58 heavy (non-hydrogen) atoms. The number of furan rings is 2. The second kappa shape index (κ2) is 16.6. The zero-order valence-corrected chi connectivity index (χ0v) is 41.8. The van der Waals surface area contributed by atoms with Crippen LogP contribution in [0.4, 0.5) is 0 Å². The Kier molecular flexibility index (Phi) is 12.6. The normalized spacial score (nSPS) is 15.3. The van der Waals surface area contributed by atoms with Crippen LogP contribution < -0.4 is 0 Å². The summed E-state index contributed by atoms with van der Waals surface area (Å²) in [6.07, 6.45) is 5.10. The molecule has 8 rings (SSSR count). The van der Waals surface area contributed by atoms with E-state index >= 15 is 0 Å². The molecule has 2 unspecified atom stereocenters. The molecule has 2 aromatic heterocycles. The van der Waals surface area contributed by atoms with Crippen molar-refractivity contribution in [2.75, 3.05) is 0 Å². The molecular weight excluding hydrogens is 847 g/mol. The van der Waals surface area contributed by atoms with E-state index in [2.05, 4.69) is 169 Å². The minimum atomic E-state index is -2.72. The molecule has 300 valence electrons. The molecule has 0 spiro atoms. The molecule has 0 saturated heterocycles. The van der Waals surface area contributed by atoms with Gasteiger partial charge in [-0.1, -0.05) is 0 Å². The van der Waals surface area contributed by atoms with E-state index < -0.39 is 25.8 Å². The molecule has 0 bridgehead atoms. The summed E-state index contributed by atoms with van der Waals surface area (Å²) >= 11 is -2.72. The van der Waals surface area contributed by atoms with Crippen molar-refractivity contribution in [2.24, 2.45) is 0 Å². The largest absolute Gasteiger partial charge is 0.147 e. The van der Waals surface area contributed by atoms with Gasteiger partial charge in [0.05, 0.1) is 0 Å². The van der Waals surface area contributed by atoms with Gasteiger partial charge >= 0.3 is 345 Å². The Hall–Kier alpha value is -3.40. The maximum absolute atomic E-state index is 6.65. The van der Waals surface area contributed by atoms with Gasteiger partial charge in [-0.15, -0.1) is 24.8 Å². The Bertz CT molecular complexity index is 2520. The number of fused-ring (bicyclic) bond motifs is 2. The van der Waals surface area contributed by atoms with Gasteiger partial charge in [-0.3, -0.25) is 0 Å². The van der Waals surface area contributed by atoms with Crippen molar-refractivity contribution in [3.8, 4) is 22.3 Å². The van der Waals surface area contributed by atoms with E-state index in [1.54, 1.807) is 0 Å². The second-order valence-electron chi connectivity index (χ2n) is 17.2. The zero-order valence-electron chi connectivity index (χ0n) is 36.7. The van der Waals surface area contributed by atoms with Crippen LogP contribution in [0.25, 0.3) is 45.6 Å². The van der Waals surface area contributed by atoms with Crippen LogP contribution in [-0.2, 0) is 20.4 Å². The van der Waals surface area contributed by atoms with Gasteiger partial charge in [-0.25, -0.2) is 0 Å². The first-order valence-electron chi connectivity index (χ1n) is 20.2. The van der Waals surface area contributed by atoms with Gasteiger partial charge in [-0.2, -0.15) is 0 Å². The average molecular weight is 905 g/mol. The maximum Gasteiger partial charge on any atom is -0.147 e. The van der Waals surface area contributed by atoms with Crippen molar-refractivity contribution < 1.29 is 29.2 Å². The van der Waals surface area contributed by atoms with Crippen LogP contribution in [0.15, 0.2) is 69.5 Å². The quantitative estimate of drug-likeness (QED) is 0.156. The van der Waals surface area contributed by atoms with Crippen molar-refractivity contribution in [3.63, 3.8) is 0 Å². The van der Waals surface area contributed by atoms with Gasteiger partial charge in [-0.05, 0) is 0 Å². The molecule has 2 atom stereocenters. The number of benzene rings is 4. The summed E-state index contributed by atoms with van der Waals surface area (Å²) in [4.78, 5) is 0. The third kappa shape index (κ3) is 7.29. The molecule has 0 amide bonds. The second-order valence-corrected chi connectivity index (χ2v) is 35.1. The van der Waals surface area contributed by atoms with Crippen LogP contribution in [0.5, 0.6) is 0 Å². The molecule has 0 radical (unpaired) electrons. The van der Waals surface area contributed by atoms with Crippen LogP contribution in [0.1, 0.15) is 108 Å². The fraction of sp³-hybridized carbons (Fsp3) is 0.308. The Morgan fingerprint density at radius 3 is 1.07 bits per heavy atom. The SMILES string of the molecule is Cc1ccc(C2=Cc3c(cc(C)c(C)c3-c3cc(C)c(C)c(C)c3)[CH]2[Zr]([CH]2C(c3ccc(C)o3)=Cc3c2cc(C)c(C)c3-c2cc(C)c(C)c(C)c2)=[Si](C)C)o1.Cl.Cl. The Morgan fingerprint density at radius 2 is 0.776 bits per heavy atom. The van der Waals surface area contributed by atoms with Crippen LogP contribution in [0.3, 0.4) is 0 Å². The smallest absolute Gasteiger partial charge is 0.147 e. The summed E-state index contributed by atoms with van der Waals surface area (Å²) in [7, 11) is 0. The zero-order chi connectivity index (χ0) is 40.1. The molecule has 4 aromatic carbocycles. The monoisotopic (exact) mass is 902 g/mol. The van der Waals surface area contributed by atoms with E-state index in [-0.39, 0.29) is 24.8 Å². The summed E-state index contributed by atoms with van der Waals surface area (Å²) < 4.78 is 14.0. The molecular formula is C52H58Cl2O2SiZr. The molecule has 0 N–H and O–H groups in total. The summed E-state index contributed by atoms with van der Waals surface area (Å²) in [6, 6.07) is 23.6. The third-order valence-electron chi connectivity index (χ3n) is 13.4. The standard InChI is InChI=1S/2C25H25O.C2H6Si.2ClH.Zr/c2*1-14-10-22(11-15(2)18(14)5)25-19(6)16(3)9-20-12-21(13-23(20)25)24-8-7-17(4)26-24;1-3-2;;;/h2*7-13H,1-6H3;1-2H3;2*1H;. The fourth-order valence-electron chi connectivity index (χ4n) is 9.65. The average Bonchev–Trinajstić information content (AvgIpc) is 3.93. The first-order chi connectivity index (χ1) is 26.5. The number of rotatable bonds is 6. The first kappa shape index (κ1) is 44.2. The van der Waals surface area contributed by atoms with Crippen LogP contribution in [0.2, 0.25) is 13.1 Å². The van der Waals surface area contributed by atoms with Gasteiger partial charge in [0.2, 0.25) is 0 Å². The number of hydrogen-bond acceptors (Lipinski definition) is 2. The molecule has 2 aliphatic carbocycles. The minimum absolute atomic E-state index is 0. The first-order valence-corrected chi connectivity index (χ1v) is 29.3. The van der Waals surface area contributed by atoms with E-state index in [0.717, 1.165) is 23.0 Å². The van der Waals surface area contributed by atoms with Crippen LogP contribution in [0, 0.1) is 83.1 Å². The summed E-state index contributed by atoms with van der Waals surface area (Å²) in [6.45, 7) is 32.3. The van der Waals surface area contributed by atoms with E-state index in [1.807, 2.05) is 0 Å². The maximum atomic E-state index is 6.65. The number of allylic oxidation sites excluding steroid dienone is 2. The number of aryl methyl sites for hydroxylation is 8. The van der Waals surface area contributed by atoms with Gasteiger partial charge < -0.3 is 0 Å². The van der Waals surface area contributed by atoms with Gasteiger partial charge in [0.25, 0.3) is 0 Å². The van der Waals surface area contributed by atoms with E-state index in [0.29, 0.717) is 7.25 Å². The molecule has 0 saturated carbocycles. The van der Waals surface area contributed by atoms with Crippen molar-refractivity contribution in [1.29, 1.82) is 0 Å². The summed E-state index contributed by atoms with van der Waals surface area (Å²) in [5.41, 5.74) is 26.9. The molecule has 0 fully saturated rings. The Balaban J connectivity index is 0.00000283. The topological polar surface area (TPSA) is 26.3 Å². The van der Waals surface area contributed by atoms with E-state index in [4.69, 9.17) is 8.83 Å². The van der Waals surface area contributed by atoms with Crippen LogP contribution in [-0.4, -0.2) is 5.43 Å². The molecule has 2 nitrogen and oxygen atoms in total. The number of hydrogen-bond donors (Lipinski definition) is 0. The summed E-state index contributed by atoms with van der Waals surface area (Å²) in [5, 5.41) is 0. The molecule has 2 heterocycles. The van der Waals surface area contributed by atoms with Crippen LogP contribution >= 0.6 is 24.8 Å². The summed E-state index contributed by atoms with van der Waals surface area (Å²) in [5.74, 6) is 4.00. The van der Waals surface area contributed by atoms with Gasteiger partial charge in [0.1, 0.15) is 0 Å². The third-order valence-corrected chi connectivity index (χ3v) is 32.6.